The van der Waals surface area contributed by atoms with Crippen LogP contribution < -0.4 is 4.74 Å². The van der Waals surface area contributed by atoms with Crippen molar-refractivity contribution in [3.8, 4) is 22.7 Å². The third kappa shape index (κ3) is 5.37. The highest BCUT2D eigenvalue weighted by molar-refractivity contribution is 8.26. The highest BCUT2D eigenvalue weighted by atomic mass is 32.2. The normalized spacial score (nSPS) is 14.7. The lowest BCUT2D eigenvalue weighted by atomic mass is 10.1. The number of benzene rings is 2. The average Bonchev–Trinajstić information content (AvgIpc) is 3.36. The first-order valence-electron chi connectivity index (χ1n) is 10.8. The van der Waals surface area contributed by atoms with Gasteiger partial charge in [0.1, 0.15) is 15.8 Å². The number of aromatic nitrogens is 2. The number of hydrogen-bond donors (Lipinski definition) is 1. The van der Waals surface area contributed by atoms with E-state index in [2.05, 4.69) is 0 Å². The van der Waals surface area contributed by atoms with Crippen molar-refractivity contribution in [3.63, 3.8) is 0 Å². The predicted octanol–water partition coefficient (Wildman–Crippen LogP) is 5.00. The van der Waals surface area contributed by atoms with E-state index in [9.17, 15) is 9.59 Å². The summed E-state index contributed by atoms with van der Waals surface area (Å²) in [6.45, 7) is 2.76. The van der Waals surface area contributed by atoms with E-state index in [0.717, 1.165) is 22.6 Å². The van der Waals surface area contributed by atoms with Crippen LogP contribution in [0.2, 0.25) is 0 Å². The number of nitrogens with zero attached hydrogens (tertiary/aromatic N) is 3. The molecule has 1 aliphatic rings. The second kappa shape index (κ2) is 10.7. The predicted molar refractivity (Wildman–Crippen MR) is 137 cm³/mol. The van der Waals surface area contributed by atoms with Crippen LogP contribution in [0.25, 0.3) is 23.0 Å². The van der Waals surface area contributed by atoms with Crippen molar-refractivity contribution in [2.24, 2.45) is 0 Å². The van der Waals surface area contributed by atoms with E-state index in [1.807, 2.05) is 67.7 Å². The minimum Gasteiger partial charge on any atom is -0.494 e. The van der Waals surface area contributed by atoms with Gasteiger partial charge < -0.3 is 9.84 Å². The fraction of sp³-hybridized carbons (Fsp3) is 0.200. The summed E-state index contributed by atoms with van der Waals surface area (Å²) in [6, 6.07) is 17.4. The van der Waals surface area contributed by atoms with Crippen LogP contribution in [-0.2, 0) is 9.59 Å². The van der Waals surface area contributed by atoms with Crippen LogP contribution in [0.3, 0.4) is 0 Å². The number of carbonyl (C=O) groups is 2. The molecule has 1 aliphatic heterocycles. The standard InChI is InChI=1S/C25H23N3O4S2/c1-2-32-20-11-6-8-17(14-20)23-18(16-28(26-23)19-9-4-3-5-10-19)15-21-24(31)27(25(33)34-21)13-7-12-22(29)30/h3-6,8-11,14-16H,2,7,12-13H2,1H3,(H,29,30). The number of rotatable bonds is 9. The van der Waals surface area contributed by atoms with E-state index in [1.165, 1.54) is 16.7 Å². The first-order chi connectivity index (χ1) is 16.5. The summed E-state index contributed by atoms with van der Waals surface area (Å²) < 4.78 is 7.87. The second-order valence-electron chi connectivity index (χ2n) is 7.50. The number of thioether (sulfide) groups is 1. The molecular weight excluding hydrogens is 470 g/mol. The van der Waals surface area contributed by atoms with Gasteiger partial charge in [0.2, 0.25) is 0 Å². The maximum Gasteiger partial charge on any atom is 0.303 e. The van der Waals surface area contributed by atoms with Crippen LogP contribution in [0, 0.1) is 0 Å². The zero-order chi connectivity index (χ0) is 24.1. The second-order valence-corrected chi connectivity index (χ2v) is 9.18. The SMILES string of the molecule is CCOc1cccc(-c2nn(-c3ccccc3)cc2C=C2SC(=S)N(CCCC(=O)O)C2=O)c1. The summed E-state index contributed by atoms with van der Waals surface area (Å²) in [5.74, 6) is -0.375. The summed E-state index contributed by atoms with van der Waals surface area (Å²) in [5, 5.41) is 13.7. The molecule has 9 heteroatoms. The first kappa shape index (κ1) is 23.7. The van der Waals surface area contributed by atoms with Gasteiger partial charge in [-0.05, 0) is 43.7 Å². The van der Waals surface area contributed by atoms with Gasteiger partial charge in [-0.3, -0.25) is 14.5 Å². The van der Waals surface area contributed by atoms with Gasteiger partial charge in [0.15, 0.2) is 0 Å². The summed E-state index contributed by atoms with van der Waals surface area (Å²) in [7, 11) is 0. The molecule has 7 nitrogen and oxygen atoms in total. The molecule has 0 bridgehead atoms. The Balaban J connectivity index is 1.71. The Hall–Kier alpha value is -3.43. The van der Waals surface area contributed by atoms with Crippen molar-refractivity contribution < 1.29 is 19.4 Å². The van der Waals surface area contributed by atoms with Crippen molar-refractivity contribution >= 4 is 46.3 Å². The smallest absolute Gasteiger partial charge is 0.303 e. The van der Waals surface area contributed by atoms with E-state index >= 15 is 0 Å². The van der Waals surface area contributed by atoms with Crippen LogP contribution >= 0.6 is 24.0 Å². The highest BCUT2D eigenvalue weighted by Gasteiger charge is 2.32. The van der Waals surface area contributed by atoms with Crippen molar-refractivity contribution in [2.75, 3.05) is 13.2 Å². The number of para-hydroxylation sites is 1. The van der Waals surface area contributed by atoms with E-state index in [-0.39, 0.29) is 18.9 Å². The summed E-state index contributed by atoms with van der Waals surface area (Å²) in [6.07, 6.45) is 4.01. The molecule has 174 valence electrons. The summed E-state index contributed by atoms with van der Waals surface area (Å²) in [4.78, 5) is 25.8. The average molecular weight is 494 g/mol. The quantitative estimate of drug-likeness (QED) is 0.332. The Morgan fingerprint density at radius 3 is 2.74 bits per heavy atom. The zero-order valence-electron chi connectivity index (χ0n) is 18.5. The van der Waals surface area contributed by atoms with Crippen molar-refractivity contribution in [3.05, 3.63) is 71.3 Å². The summed E-state index contributed by atoms with van der Waals surface area (Å²) >= 11 is 6.60. The number of carbonyl (C=O) groups excluding carboxylic acids is 1. The van der Waals surface area contributed by atoms with Crippen molar-refractivity contribution in [2.45, 2.75) is 19.8 Å². The van der Waals surface area contributed by atoms with Gasteiger partial charge >= 0.3 is 5.97 Å². The number of aliphatic carboxylic acids is 1. The topological polar surface area (TPSA) is 84.7 Å². The van der Waals surface area contributed by atoms with Crippen LogP contribution in [-0.4, -0.2) is 49.1 Å². The lowest BCUT2D eigenvalue weighted by molar-refractivity contribution is -0.137. The van der Waals surface area contributed by atoms with Gasteiger partial charge in [0.05, 0.1) is 17.2 Å². The molecule has 2 aromatic carbocycles. The number of thiocarbonyl (C=S) groups is 1. The number of hydrogen-bond acceptors (Lipinski definition) is 6. The van der Waals surface area contributed by atoms with Crippen LogP contribution in [0.1, 0.15) is 25.3 Å². The van der Waals surface area contributed by atoms with Gasteiger partial charge in [-0.1, -0.05) is 54.3 Å². The van der Waals surface area contributed by atoms with E-state index < -0.39 is 5.97 Å². The monoisotopic (exact) mass is 493 g/mol. The Kier molecular flexibility index (Phi) is 7.44. The highest BCUT2D eigenvalue weighted by Crippen LogP contribution is 2.35. The minimum atomic E-state index is -0.895. The van der Waals surface area contributed by atoms with E-state index in [4.69, 9.17) is 27.2 Å². The van der Waals surface area contributed by atoms with Gasteiger partial charge in [-0.2, -0.15) is 5.10 Å². The Morgan fingerprint density at radius 2 is 2.00 bits per heavy atom. The molecule has 1 amide bonds. The third-order valence-electron chi connectivity index (χ3n) is 5.11. The molecule has 0 saturated carbocycles. The molecule has 0 spiro atoms. The Labute approximate surface area is 207 Å². The van der Waals surface area contributed by atoms with Crippen LogP contribution in [0.15, 0.2) is 65.7 Å². The molecule has 1 fully saturated rings. The molecule has 34 heavy (non-hydrogen) atoms. The van der Waals surface area contributed by atoms with E-state index in [0.29, 0.717) is 27.9 Å². The summed E-state index contributed by atoms with van der Waals surface area (Å²) in [5.41, 5.74) is 3.24. The van der Waals surface area contributed by atoms with Gasteiger partial charge in [0.25, 0.3) is 5.91 Å². The molecule has 0 radical (unpaired) electrons. The molecule has 2 heterocycles. The molecule has 1 aromatic heterocycles. The fourth-order valence-corrected chi connectivity index (χ4v) is 4.85. The molecule has 1 saturated heterocycles. The van der Waals surface area contributed by atoms with Crippen LogP contribution in [0.4, 0.5) is 0 Å². The zero-order valence-corrected chi connectivity index (χ0v) is 20.1. The molecule has 1 N–H and O–H groups in total. The largest absolute Gasteiger partial charge is 0.494 e. The van der Waals surface area contributed by atoms with Gasteiger partial charge in [-0.15, -0.1) is 0 Å². The van der Waals surface area contributed by atoms with Gasteiger partial charge in [-0.25, -0.2) is 4.68 Å². The molecule has 0 atom stereocenters. The van der Waals surface area contributed by atoms with Crippen molar-refractivity contribution in [1.82, 2.24) is 14.7 Å². The maximum absolute atomic E-state index is 13.0. The maximum atomic E-state index is 13.0. The van der Waals surface area contributed by atoms with Crippen molar-refractivity contribution in [1.29, 1.82) is 0 Å². The number of ether oxygens (including phenoxy) is 1. The van der Waals surface area contributed by atoms with Gasteiger partial charge in [0, 0.05) is 30.3 Å². The third-order valence-corrected chi connectivity index (χ3v) is 6.49. The molecule has 0 aliphatic carbocycles. The molecule has 3 aromatic rings. The number of carboxylic acid groups (broad SMARTS) is 1. The Morgan fingerprint density at radius 1 is 1.21 bits per heavy atom. The minimum absolute atomic E-state index is 0.0136. The van der Waals surface area contributed by atoms with E-state index in [1.54, 1.807) is 10.8 Å². The lowest BCUT2D eigenvalue weighted by Crippen LogP contribution is -2.29. The molecular formula is C25H23N3O4S2. The number of carboxylic acids is 1. The Bertz CT molecular complexity index is 1250. The molecule has 0 unspecified atom stereocenters. The number of amides is 1. The lowest BCUT2D eigenvalue weighted by Gasteiger charge is -2.13. The fourth-order valence-electron chi connectivity index (χ4n) is 3.55. The van der Waals surface area contributed by atoms with Crippen LogP contribution in [0.5, 0.6) is 5.75 Å². The molecule has 4 rings (SSSR count). The first-order valence-corrected chi connectivity index (χ1v) is 12.0.